The van der Waals surface area contributed by atoms with Gasteiger partial charge in [-0.1, -0.05) is 0 Å². The molecule has 1 atom stereocenters. The molecule has 0 aliphatic carbocycles. The number of rotatable bonds is 2. The molecule has 0 spiro atoms. The van der Waals surface area contributed by atoms with Crippen molar-refractivity contribution in [1.82, 2.24) is 0 Å². The number of halogens is 1. The molecular weight excluding hydrogens is 195 g/mol. The van der Waals surface area contributed by atoms with Gasteiger partial charge in [0.05, 0.1) is 6.61 Å². The first kappa shape index (κ1) is 8.68. The molecule has 1 fully saturated rings. The van der Waals surface area contributed by atoms with Crippen LogP contribution in [-0.2, 0) is 4.74 Å². The molecular formula is C12H9FO2. The fourth-order valence-corrected chi connectivity index (χ4v) is 1.51. The van der Waals surface area contributed by atoms with E-state index in [1.807, 2.05) is 12.1 Å². The van der Waals surface area contributed by atoms with Gasteiger partial charge in [-0.25, -0.2) is 4.39 Å². The second-order valence-electron chi connectivity index (χ2n) is 3.53. The van der Waals surface area contributed by atoms with E-state index in [0.717, 1.165) is 23.7 Å². The van der Waals surface area contributed by atoms with E-state index in [2.05, 4.69) is 0 Å². The van der Waals surface area contributed by atoms with Crippen molar-refractivity contribution < 1.29 is 13.5 Å². The lowest BCUT2D eigenvalue weighted by Gasteiger charge is -1.95. The van der Waals surface area contributed by atoms with Crippen molar-refractivity contribution in [2.24, 2.45) is 0 Å². The maximum atomic E-state index is 12.7. The van der Waals surface area contributed by atoms with Crippen LogP contribution in [0.2, 0.25) is 0 Å². The zero-order chi connectivity index (χ0) is 10.3. The minimum Gasteiger partial charge on any atom is -0.458 e. The van der Waals surface area contributed by atoms with Gasteiger partial charge in [-0.3, -0.25) is 0 Å². The topological polar surface area (TPSA) is 25.7 Å². The number of hydrogen-bond acceptors (Lipinski definition) is 2. The van der Waals surface area contributed by atoms with Crippen LogP contribution < -0.4 is 0 Å². The van der Waals surface area contributed by atoms with Gasteiger partial charge < -0.3 is 9.15 Å². The van der Waals surface area contributed by atoms with Crippen LogP contribution in [0, 0.1) is 5.82 Å². The Labute approximate surface area is 86.3 Å². The van der Waals surface area contributed by atoms with E-state index in [9.17, 15) is 4.39 Å². The van der Waals surface area contributed by atoms with Crippen molar-refractivity contribution in [1.29, 1.82) is 0 Å². The van der Waals surface area contributed by atoms with Gasteiger partial charge in [0.15, 0.2) is 0 Å². The molecule has 0 amide bonds. The number of benzene rings is 1. The minimum absolute atomic E-state index is 0.124. The van der Waals surface area contributed by atoms with Crippen LogP contribution in [0.15, 0.2) is 40.8 Å². The van der Waals surface area contributed by atoms with Gasteiger partial charge in [0.2, 0.25) is 0 Å². The van der Waals surface area contributed by atoms with Crippen LogP contribution in [0.25, 0.3) is 11.3 Å². The highest BCUT2D eigenvalue weighted by Gasteiger charge is 2.28. The lowest BCUT2D eigenvalue weighted by molar-refractivity contribution is 0.373. The van der Waals surface area contributed by atoms with E-state index in [1.165, 1.54) is 12.1 Å². The van der Waals surface area contributed by atoms with Gasteiger partial charge in [0.1, 0.15) is 23.4 Å². The maximum Gasteiger partial charge on any atom is 0.139 e. The number of epoxide rings is 1. The van der Waals surface area contributed by atoms with Crippen molar-refractivity contribution in [3.05, 3.63) is 48.0 Å². The highest BCUT2D eigenvalue weighted by molar-refractivity contribution is 5.57. The van der Waals surface area contributed by atoms with Crippen LogP contribution >= 0.6 is 0 Å². The first-order chi connectivity index (χ1) is 7.33. The Kier molecular flexibility index (Phi) is 1.86. The maximum absolute atomic E-state index is 12.7. The van der Waals surface area contributed by atoms with Gasteiger partial charge in [-0.2, -0.15) is 0 Å². The molecule has 3 heteroatoms. The average Bonchev–Trinajstić information content (AvgIpc) is 2.99. The van der Waals surface area contributed by atoms with Crippen LogP contribution in [0.4, 0.5) is 4.39 Å². The predicted molar refractivity (Wildman–Crippen MR) is 52.8 cm³/mol. The molecule has 2 heterocycles. The van der Waals surface area contributed by atoms with E-state index < -0.39 is 0 Å². The fraction of sp³-hybridized carbons (Fsp3) is 0.167. The second kappa shape index (κ2) is 3.21. The van der Waals surface area contributed by atoms with E-state index in [4.69, 9.17) is 9.15 Å². The van der Waals surface area contributed by atoms with Gasteiger partial charge in [-0.15, -0.1) is 0 Å². The van der Waals surface area contributed by atoms with Crippen LogP contribution in [0.1, 0.15) is 11.9 Å². The molecule has 1 aromatic carbocycles. The summed E-state index contributed by atoms with van der Waals surface area (Å²) in [4.78, 5) is 0. The second-order valence-corrected chi connectivity index (χ2v) is 3.53. The average molecular weight is 204 g/mol. The summed E-state index contributed by atoms with van der Waals surface area (Å²) in [5.41, 5.74) is 0.878. The van der Waals surface area contributed by atoms with Crippen LogP contribution in [0.3, 0.4) is 0 Å². The van der Waals surface area contributed by atoms with Crippen molar-refractivity contribution >= 4 is 0 Å². The molecule has 1 aromatic heterocycles. The van der Waals surface area contributed by atoms with Crippen molar-refractivity contribution in [3.63, 3.8) is 0 Å². The molecule has 0 unspecified atom stereocenters. The summed E-state index contributed by atoms with van der Waals surface area (Å²) in [5, 5.41) is 0. The molecule has 0 saturated carbocycles. The van der Waals surface area contributed by atoms with Gasteiger partial charge >= 0.3 is 0 Å². The molecule has 1 aliphatic rings. The lowest BCUT2D eigenvalue weighted by Crippen LogP contribution is -1.76. The molecule has 1 aliphatic heterocycles. The van der Waals surface area contributed by atoms with E-state index in [-0.39, 0.29) is 11.9 Å². The molecule has 1 saturated heterocycles. The van der Waals surface area contributed by atoms with E-state index in [1.54, 1.807) is 12.1 Å². The van der Waals surface area contributed by atoms with Crippen LogP contribution in [-0.4, -0.2) is 6.61 Å². The molecule has 76 valence electrons. The normalized spacial score (nSPS) is 19.1. The third-order valence-corrected chi connectivity index (χ3v) is 2.41. The van der Waals surface area contributed by atoms with Crippen molar-refractivity contribution in [2.75, 3.05) is 6.61 Å². The molecule has 0 radical (unpaired) electrons. The third-order valence-electron chi connectivity index (χ3n) is 2.41. The zero-order valence-corrected chi connectivity index (χ0v) is 7.94. The number of hydrogen-bond donors (Lipinski definition) is 0. The Hall–Kier alpha value is -1.61. The first-order valence-electron chi connectivity index (χ1n) is 4.80. The van der Waals surface area contributed by atoms with Crippen molar-refractivity contribution in [2.45, 2.75) is 6.10 Å². The van der Waals surface area contributed by atoms with Gasteiger partial charge in [0, 0.05) is 5.56 Å². The first-order valence-corrected chi connectivity index (χ1v) is 4.80. The van der Waals surface area contributed by atoms with E-state index in [0.29, 0.717) is 0 Å². The Bertz CT molecular complexity index is 469. The van der Waals surface area contributed by atoms with E-state index >= 15 is 0 Å². The van der Waals surface area contributed by atoms with Gasteiger partial charge in [-0.05, 0) is 36.4 Å². The Morgan fingerprint density at radius 3 is 2.47 bits per heavy atom. The Morgan fingerprint density at radius 2 is 1.80 bits per heavy atom. The molecule has 2 nitrogen and oxygen atoms in total. The summed E-state index contributed by atoms with van der Waals surface area (Å²) in [6.07, 6.45) is 0.124. The fourth-order valence-electron chi connectivity index (χ4n) is 1.51. The number of furan rings is 1. The summed E-state index contributed by atoms with van der Waals surface area (Å²) in [6.45, 7) is 0.733. The lowest BCUT2D eigenvalue weighted by atomic mass is 10.2. The van der Waals surface area contributed by atoms with Crippen LogP contribution in [0.5, 0.6) is 0 Å². The number of ether oxygens (including phenoxy) is 1. The Morgan fingerprint density at radius 1 is 1.07 bits per heavy atom. The largest absolute Gasteiger partial charge is 0.458 e. The summed E-state index contributed by atoms with van der Waals surface area (Å²) in [7, 11) is 0. The quantitative estimate of drug-likeness (QED) is 0.702. The highest BCUT2D eigenvalue weighted by Crippen LogP contribution is 2.33. The smallest absolute Gasteiger partial charge is 0.139 e. The summed E-state index contributed by atoms with van der Waals surface area (Å²) >= 11 is 0. The predicted octanol–water partition coefficient (Wildman–Crippen LogP) is 3.16. The zero-order valence-electron chi connectivity index (χ0n) is 7.94. The summed E-state index contributed by atoms with van der Waals surface area (Å²) in [6, 6.07) is 10.0. The monoisotopic (exact) mass is 204 g/mol. The van der Waals surface area contributed by atoms with Crippen molar-refractivity contribution in [3.8, 4) is 11.3 Å². The summed E-state index contributed by atoms with van der Waals surface area (Å²) in [5.74, 6) is 1.35. The Balaban J connectivity index is 1.93. The SMILES string of the molecule is Fc1ccc(-c2ccc([C@@H]3CO3)o2)cc1. The molecule has 15 heavy (non-hydrogen) atoms. The molecule has 0 bridgehead atoms. The minimum atomic E-state index is -0.240. The molecule has 3 rings (SSSR count). The van der Waals surface area contributed by atoms with Gasteiger partial charge in [0.25, 0.3) is 0 Å². The highest BCUT2D eigenvalue weighted by atomic mass is 19.1. The summed E-state index contributed by atoms with van der Waals surface area (Å²) < 4.78 is 23.4. The molecule has 2 aromatic rings. The third kappa shape index (κ3) is 1.66. The molecule has 0 N–H and O–H groups in total. The standard InChI is InChI=1S/C12H9FO2/c13-9-3-1-8(2-4-9)10-5-6-11(15-10)12-7-14-12/h1-6,12H,7H2/t12-/m0/s1.